The molecule has 0 aliphatic carbocycles. The minimum atomic E-state index is -0.961. The number of amides is 1. The number of benzene rings is 1. The lowest BCUT2D eigenvalue weighted by atomic mass is 9.99. The predicted octanol–water partition coefficient (Wildman–Crippen LogP) is 3.72. The molecule has 1 aliphatic heterocycles. The number of aromatic carboxylic acids is 1. The number of carbonyl (C=O) groups is 2. The molecule has 1 amide bonds. The molecule has 0 aromatic heterocycles. The summed E-state index contributed by atoms with van der Waals surface area (Å²) in [5, 5.41) is 9.18. The van der Waals surface area contributed by atoms with Crippen molar-refractivity contribution in [3.8, 4) is 5.75 Å². The number of carboxylic acid groups (broad SMARTS) is 1. The van der Waals surface area contributed by atoms with Crippen LogP contribution in [0, 0.1) is 12.8 Å². The van der Waals surface area contributed by atoms with Crippen molar-refractivity contribution in [2.75, 3.05) is 19.7 Å². The molecule has 1 atom stereocenters. The van der Waals surface area contributed by atoms with Gasteiger partial charge in [-0.15, -0.1) is 0 Å². The average Bonchev–Trinajstić information content (AvgIpc) is 2.52. The van der Waals surface area contributed by atoms with Crippen molar-refractivity contribution in [1.29, 1.82) is 0 Å². The second kappa shape index (κ2) is 7.76. The van der Waals surface area contributed by atoms with E-state index in [0.29, 0.717) is 31.0 Å². The fourth-order valence-corrected chi connectivity index (χ4v) is 2.83. The molecule has 1 saturated heterocycles. The Hall–Kier alpha value is -2.24. The lowest BCUT2D eigenvalue weighted by Gasteiger charge is -2.34. The normalized spacial score (nSPS) is 17.9. The van der Waals surface area contributed by atoms with Gasteiger partial charge in [-0.1, -0.05) is 6.07 Å². The Labute approximate surface area is 148 Å². The van der Waals surface area contributed by atoms with Crippen LogP contribution in [0.2, 0.25) is 0 Å². The number of hydrogen-bond donors (Lipinski definition) is 1. The molecule has 0 bridgehead atoms. The fourth-order valence-electron chi connectivity index (χ4n) is 2.83. The topological polar surface area (TPSA) is 76.1 Å². The van der Waals surface area contributed by atoms with Gasteiger partial charge in [0.05, 0.1) is 12.2 Å². The van der Waals surface area contributed by atoms with Gasteiger partial charge in [-0.25, -0.2) is 9.59 Å². The molecule has 0 radical (unpaired) electrons. The van der Waals surface area contributed by atoms with E-state index in [-0.39, 0.29) is 17.6 Å². The highest BCUT2D eigenvalue weighted by molar-refractivity contribution is 5.89. The van der Waals surface area contributed by atoms with Crippen molar-refractivity contribution in [2.24, 2.45) is 5.92 Å². The summed E-state index contributed by atoms with van der Waals surface area (Å²) < 4.78 is 11.2. The number of piperidine rings is 1. The summed E-state index contributed by atoms with van der Waals surface area (Å²) in [5.74, 6) is -0.218. The molecule has 6 nitrogen and oxygen atoms in total. The Morgan fingerprint density at radius 1 is 1.32 bits per heavy atom. The molecule has 1 aliphatic rings. The molecule has 0 saturated carbocycles. The lowest BCUT2D eigenvalue weighted by molar-refractivity contribution is 0.0139. The van der Waals surface area contributed by atoms with Gasteiger partial charge < -0.3 is 19.5 Å². The number of nitrogens with zero attached hydrogens (tertiary/aromatic N) is 1. The molecule has 1 aromatic carbocycles. The first-order valence-electron chi connectivity index (χ1n) is 8.60. The van der Waals surface area contributed by atoms with Crippen molar-refractivity contribution in [3.05, 3.63) is 29.3 Å². The van der Waals surface area contributed by atoms with Crippen molar-refractivity contribution in [1.82, 2.24) is 4.90 Å². The van der Waals surface area contributed by atoms with Gasteiger partial charge in [0, 0.05) is 19.0 Å². The third-order valence-corrected chi connectivity index (χ3v) is 4.10. The van der Waals surface area contributed by atoms with Crippen molar-refractivity contribution < 1.29 is 24.2 Å². The van der Waals surface area contributed by atoms with Crippen LogP contribution in [0.5, 0.6) is 5.75 Å². The molecule has 6 heteroatoms. The largest absolute Gasteiger partial charge is 0.493 e. The third kappa shape index (κ3) is 5.66. The average molecular weight is 349 g/mol. The first-order valence-corrected chi connectivity index (χ1v) is 8.60. The molecule has 1 fully saturated rings. The molecule has 138 valence electrons. The number of carboxylic acids is 1. The van der Waals surface area contributed by atoms with Crippen molar-refractivity contribution in [3.63, 3.8) is 0 Å². The maximum Gasteiger partial charge on any atom is 0.410 e. The van der Waals surface area contributed by atoms with Gasteiger partial charge in [0.1, 0.15) is 11.4 Å². The Bertz CT molecular complexity index is 635. The van der Waals surface area contributed by atoms with E-state index in [9.17, 15) is 14.7 Å². The summed E-state index contributed by atoms with van der Waals surface area (Å²) in [4.78, 5) is 25.1. The van der Waals surface area contributed by atoms with Gasteiger partial charge in [-0.05, 0) is 58.2 Å². The van der Waals surface area contributed by atoms with Crippen molar-refractivity contribution in [2.45, 2.75) is 46.1 Å². The Morgan fingerprint density at radius 2 is 2.04 bits per heavy atom. The maximum atomic E-state index is 12.2. The molecule has 0 spiro atoms. The smallest absolute Gasteiger partial charge is 0.410 e. The van der Waals surface area contributed by atoms with E-state index in [0.717, 1.165) is 12.8 Å². The highest BCUT2D eigenvalue weighted by Crippen LogP contribution is 2.22. The molecular weight excluding hydrogens is 322 g/mol. The van der Waals surface area contributed by atoms with Gasteiger partial charge >= 0.3 is 12.1 Å². The van der Waals surface area contributed by atoms with E-state index in [1.165, 1.54) is 0 Å². The number of ether oxygens (including phenoxy) is 2. The molecule has 1 heterocycles. The number of aryl methyl sites for hydroxylation is 1. The molecule has 1 unspecified atom stereocenters. The molecular formula is C19H27NO5. The lowest BCUT2D eigenvalue weighted by Crippen LogP contribution is -2.44. The second-order valence-corrected chi connectivity index (χ2v) is 7.53. The monoisotopic (exact) mass is 349 g/mol. The van der Waals surface area contributed by atoms with Crippen LogP contribution in [0.3, 0.4) is 0 Å². The quantitative estimate of drug-likeness (QED) is 0.896. The van der Waals surface area contributed by atoms with Crippen LogP contribution >= 0.6 is 0 Å². The zero-order valence-corrected chi connectivity index (χ0v) is 15.4. The van der Waals surface area contributed by atoms with Crippen LogP contribution in [-0.4, -0.2) is 47.4 Å². The standard InChI is InChI=1S/C19H27NO5/c1-13-7-8-15(10-16(13)17(21)22)24-12-14-6-5-9-20(11-14)18(23)25-19(2,3)4/h7-8,10,14H,5-6,9,11-12H2,1-4H3,(H,21,22). The summed E-state index contributed by atoms with van der Waals surface area (Å²) in [6, 6.07) is 5.06. The van der Waals surface area contributed by atoms with Crippen LogP contribution in [0.15, 0.2) is 18.2 Å². The van der Waals surface area contributed by atoms with Gasteiger partial charge in [-0.2, -0.15) is 0 Å². The maximum absolute atomic E-state index is 12.2. The van der Waals surface area contributed by atoms with Crippen LogP contribution in [-0.2, 0) is 4.74 Å². The second-order valence-electron chi connectivity index (χ2n) is 7.53. The van der Waals surface area contributed by atoms with Crippen LogP contribution in [0.4, 0.5) is 4.79 Å². The van der Waals surface area contributed by atoms with Gasteiger partial charge in [0.25, 0.3) is 0 Å². The Morgan fingerprint density at radius 3 is 2.68 bits per heavy atom. The third-order valence-electron chi connectivity index (χ3n) is 4.10. The molecule has 2 rings (SSSR count). The molecule has 1 aromatic rings. The summed E-state index contributed by atoms with van der Waals surface area (Å²) >= 11 is 0. The number of carbonyl (C=O) groups excluding carboxylic acids is 1. The zero-order valence-electron chi connectivity index (χ0n) is 15.4. The summed E-state index contributed by atoms with van der Waals surface area (Å²) in [6.07, 6.45) is 1.58. The number of likely N-dealkylation sites (tertiary alicyclic amines) is 1. The van der Waals surface area contributed by atoms with E-state index in [1.54, 1.807) is 30.0 Å². The Kier molecular flexibility index (Phi) is 5.93. The van der Waals surface area contributed by atoms with E-state index in [4.69, 9.17) is 9.47 Å². The summed E-state index contributed by atoms with van der Waals surface area (Å²) in [5.41, 5.74) is 0.445. The minimum absolute atomic E-state index is 0.204. The van der Waals surface area contributed by atoms with E-state index in [2.05, 4.69) is 0 Å². The van der Waals surface area contributed by atoms with E-state index >= 15 is 0 Å². The van der Waals surface area contributed by atoms with Gasteiger partial charge in [0.15, 0.2) is 0 Å². The SMILES string of the molecule is Cc1ccc(OCC2CCCN(C(=O)OC(C)(C)C)C2)cc1C(=O)O. The minimum Gasteiger partial charge on any atom is -0.493 e. The predicted molar refractivity (Wildman–Crippen MR) is 94.2 cm³/mol. The fraction of sp³-hybridized carbons (Fsp3) is 0.579. The van der Waals surface area contributed by atoms with Crippen LogP contribution < -0.4 is 4.74 Å². The number of hydrogen-bond acceptors (Lipinski definition) is 4. The van der Waals surface area contributed by atoms with Gasteiger partial charge in [0.2, 0.25) is 0 Å². The first-order chi connectivity index (χ1) is 11.7. The van der Waals surface area contributed by atoms with Crippen molar-refractivity contribution >= 4 is 12.1 Å². The highest BCUT2D eigenvalue weighted by atomic mass is 16.6. The van der Waals surface area contributed by atoms with Crippen LogP contribution in [0.25, 0.3) is 0 Å². The van der Waals surface area contributed by atoms with E-state index in [1.807, 2.05) is 20.8 Å². The van der Waals surface area contributed by atoms with E-state index < -0.39 is 11.6 Å². The Balaban J connectivity index is 1.92. The zero-order chi connectivity index (χ0) is 18.6. The highest BCUT2D eigenvalue weighted by Gasteiger charge is 2.28. The number of rotatable bonds is 4. The first kappa shape index (κ1) is 19.1. The van der Waals surface area contributed by atoms with Crippen LogP contribution in [0.1, 0.15) is 49.5 Å². The summed E-state index contributed by atoms with van der Waals surface area (Å²) in [7, 11) is 0. The summed E-state index contributed by atoms with van der Waals surface area (Å²) in [6.45, 7) is 9.05. The molecule has 25 heavy (non-hydrogen) atoms. The van der Waals surface area contributed by atoms with Gasteiger partial charge in [-0.3, -0.25) is 0 Å². The molecule has 1 N–H and O–H groups in total.